The molecule has 18 heavy (non-hydrogen) atoms. The average molecular weight is 308 g/mol. The first kappa shape index (κ1) is 14.3. The number of sulfonamides is 1. The molecule has 0 aliphatic carbocycles. The van der Waals surface area contributed by atoms with E-state index in [0.717, 1.165) is 30.6 Å². The summed E-state index contributed by atoms with van der Waals surface area (Å²) in [6.45, 7) is 2.70. The average Bonchev–Trinajstić information content (AvgIpc) is 2.88. The maximum absolute atomic E-state index is 12.6. The van der Waals surface area contributed by atoms with E-state index in [9.17, 15) is 8.42 Å². The van der Waals surface area contributed by atoms with Crippen LogP contribution in [-0.4, -0.2) is 25.3 Å². The van der Waals surface area contributed by atoms with Crippen LogP contribution >= 0.6 is 22.9 Å². The SMILES string of the molecule is CCC1CCCCN1S(=O)(=O)c1csc(CCl)c1. The first-order valence-corrected chi connectivity index (χ1v) is 9.10. The van der Waals surface area contributed by atoms with Crippen LogP contribution in [0.2, 0.25) is 0 Å². The maximum Gasteiger partial charge on any atom is 0.244 e. The van der Waals surface area contributed by atoms with Crippen LogP contribution in [0.5, 0.6) is 0 Å². The molecule has 1 fully saturated rings. The number of hydrogen-bond donors (Lipinski definition) is 0. The molecular weight excluding hydrogens is 290 g/mol. The number of thiophene rings is 1. The van der Waals surface area contributed by atoms with Crippen LogP contribution in [0.25, 0.3) is 0 Å². The minimum Gasteiger partial charge on any atom is -0.207 e. The van der Waals surface area contributed by atoms with E-state index in [2.05, 4.69) is 6.92 Å². The molecule has 0 saturated carbocycles. The van der Waals surface area contributed by atoms with Gasteiger partial charge in [0.1, 0.15) is 0 Å². The minimum atomic E-state index is -3.33. The quantitative estimate of drug-likeness (QED) is 0.799. The predicted molar refractivity (Wildman–Crippen MR) is 75.7 cm³/mol. The molecule has 0 spiro atoms. The second kappa shape index (κ2) is 5.90. The smallest absolute Gasteiger partial charge is 0.207 e. The first-order valence-electron chi connectivity index (χ1n) is 6.24. The molecule has 102 valence electrons. The fourth-order valence-electron chi connectivity index (χ4n) is 2.40. The number of hydrogen-bond acceptors (Lipinski definition) is 3. The van der Waals surface area contributed by atoms with Crippen molar-refractivity contribution in [1.29, 1.82) is 0 Å². The van der Waals surface area contributed by atoms with E-state index in [1.165, 1.54) is 11.3 Å². The van der Waals surface area contributed by atoms with Crippen molar-refractivity contribution in [3.63, 3.8) is 0 Å². The maximum atomic E-state index is 12.6. The van der Waals surface area contributed by atoms with Gasteiger partial charge >= 0.3 is 0 Å². The lowest BCUT2D eigenvalue weighted by Gasteiger charge is -2.33. The number of piperidine rings is 1. The van der Waals surface area contributed by atoms with Gasteiger partial charge in [0.2, 0.25) is 10.0 Å². The summed E-state index contributed by atoms with van der Waals surface area (Å²) in [5.74, 6) is 0.372. The molecule has 2 rings (SSSR count). The first-order chi connectivity index (χ1) is 8.59. The zero-order valence-corrected chi connectivity index (χ0v) is 12.8. The van der Waals surface area contributed by atoms with E-state index in [0.29, 0.717) is 17.3 Å². The van der Waals surface area contributed by atoms with E-state index in [4.69, 9.17) is 11.6 Å². The molecule has 0 radical (unpaired) electrons. The molecular formula is C12H18ClNO2S2. The van der Waals surface area contributed by atoms with Crippen molar-refractivity contribution < 1.29 is 8.42 Å². The number of rotatable bonds is 4. The molecule has 1 aromatic rings. The molecule has 1 aliphatic heterocycles. The van der Waals surface area contributed by atoms with Crippen molar-refractivity contribution in [2.75, 3.05) is 6.54 Å². The summed E-state index contributed by atoms with van der Waals surface area (Å²) in [5.41, 5.74) is 0. The molecule has 1 atom stereocenters. The zero-order valence-electron chi connectivity index (χ0n) is 10.4. The molecule has 0 amide bonds. The highest BCUT2D eigenvalue weighted by Gasteiger charge is 2.32. The van der Waals surface area contributed by atoms with Crippen LogP contribution in [0.15, 0.2) is 16.3 Å². The van der Waals surface area contributed by atoms with Crippen molar-refractivity contribution in [2.24, 2.45) is 0 Å². The normalized spacial score (nSPS) is 22.2. The van der Waals surface area contributed by atoms with E-state index in [1.807, 2.05) is 0 Å². The molecule has 6 heteroatoms. The summed E-state index contributed by atoms with van der Waals surface area (Å²) in [7, 11) is -3.33. The Morgan fingerprint density at radius 1 is 1.50 bits per heavy atom. The van der Waals surface area contributed by atoms with Gasteiger partial charge in [-0.2, -0.15) is 4.31 Å². The fourth-order valence-corrected chi connectivity index (χ4v) is 5.54. The summed E-state index contributed by atoms with van der Waals surface area (Å²) < 4.78 is 26.8. The van der Waals surface area contributed by atoms with E-state index in [-0.39, 0.29) is 6.04 Å². The number of nitrogens with zero attached hydrogens (tertiary/aromatic N) is 1. The monoisotopic (exact) mass is 307 g/mol. The Labute approximate surface area is 118 Å². The third-order valence-electron chi connectivity index (χ3n) is 3.41. The number of halogens is 1. The van der Waals surface area contributed by atoms with Crippen LogP contribution in [0, 0.1) is 0 Å². The van der Waals surface area contributed by atoms with Crippen molar-refractivity contribution in [1.82, 2.24) is 4.31 Å². The fraction of sp³-hybridized carbons (Fsp3) is 0.667. The van der Waals surface area contributed by atoms with Crippen molar-refractivity contribution in [3.05, 3.63) is 16.3 Å². The third kappa shape index (κ3) is 2.74. The molecule has 0 aromatic carbocycles. The minimum absolute atomic E-state index is 0.156. The van der Waals surface area contributed by atoms with Crippen LogP contribution in [-0.2, 0) is 15.9 Å². The topological polar surface area (TPSA) is 37.4 Å². The molecule has 1 saturated heterocycles. The van der Waals surface area contributed by atoms with E-state index < -0.39 is 10.0 Å². The van der Waals surface area contributed by atoms with Gasteiger partial charge in [-0.05, 0) is 25.3 Å². The van der Waals surface area contributed by atoms with E-state index >= 15 is 0 Å². The van der Waals surface area contributed by atoms with Gasteiger partial charge < -0.3 is 0 Å². The Balaban J connectivity index is 2.28. The molecule has 0 N–H and O–H groups in total. The van der Waals surface area contributed by atoms with E-state index in [1.54, 1.807) is 15.8 Å². The lowest BCUT2D eigenvalue weighted by Crippen LogP contribution is -2.43. The Morgan fingerprint density at radius 2 is 2.28 bits per heavy atom. The molecule has 3 nitrogen and oxygen atoms in total. The lowest BCUT2D eigenvalue weighted by molar-refractivity contribution is 0.246. The van der Waals surface area contributed by atoms with Crippen molar-refractivity contribution in [3.8, 4) is 0 Å². The van der Waals surface area contributed by atoms with Crippen molar-refractivity contribution >= 4 is 33.0 Å². The largest absolute Gasteiger partial charge is 0.244 e. The highest BCUT2D eigenvalue weighted by atomic mass is 35.5. The predicted octanol–water partition coefficient (Wildman–Crippen LogP) is 3.44. The lowest BCUT2D eigenvalue weighted by atomic mass is 10.0. The Kier molecular flexibility index (Phi) is 4.69. The molecule has 1 aliphatic rings. The molecule has 1 unspecified atom stereocenters. The van der Waals surface area contributed by atoms with Gasteiger partial charge in [0.15, 0.2) is 0 Å². The van der Waals surface area contributed by atoms with Gasteiger partial charge in [-0.25, -0.2) is 8.42 Å². The van der Waals surface area contributed by atoms with Gasteiger partial charge in [0, 0.05) is 22.8 Å². The van der Waals surface area contributed by atoms with Crippen LogP contribution in [0.3, 0.4) is 0 Å². The Morgan fingerprint density at radius 3 is 2.89 bits per heavy atom. The highest BCUT2D eigenvalue weighted by molar-refractivity contribution is 7.89. The summed E-state index contributed by atoms with van der Waals surface area (Å²) in [5, 5.41) is 1.70. The summed E-state index contributed by atoms with van der Waals surface area (Å²) in [6.07, 6.45) is 3.94. The van der Waals surface area contributed by atoms with Gasteiger partial charge in [-0.3, -0.25) is 0 Å². The van der Waals surface area contributed by atoms with Gasteiger partial charge in [0.25, 0.3) is 0 Å². The van der Waals surface area contributed by atoms with Gasteiger partial charge in [-0.15, -0.1) is 22.9 Å². The Bertz CT molecular complexity index is 498. The van der Waals surface area contributed by atoms with Crippen LogP contribution in [0.1, 0.15) is 37.5 Å². The van der Waals surface area contributed by atoms with Crippen LogP contribution < -0.4 is 0 Å². The highest BCUT2D eigenvalue weighted by Crippen LogP contribution is 2.29. The third-order valence-corrected chi connectivity index (χ3v) is 6.87. The molecule has 1 aromatic heterocycles. The summed E-state index contributed by atoms with van der Waals surface area (Å²) in [4.78, 5) is 1.31. The molecule has 0 bridgehead atoms. The summed E-state index contributed by atoms with van der Waals surface area (Å²) in [6, 6.07) is 1.86. The van der Waals surface area contributed by atoms with Crippen LogP contribution in [0.4, 0.5) is 0 Å². The van der Waals surface area contributed by atoms with Crippen molar-refractivity contribution in [2.45, 2.75) is 49.4 Å². The molecule has 2 heterocycles. The zero-order chi connectivity index (χ0) is 13.2. The number of alkyl halides is 1. The second-order valence-electron chi connectivity index (χ2n) is 4.56. The standard InChI is InChI=1S/C12H18ClNO2S2/c1-2-10-5-3-4-6-14(10)18(15,16)12-7-11(8-13)17-9-12/h7,9-10H,2-6,8H2,1H3. The van der Waals surface area contributed by atoms with Gasteiger partial charge in [-0.1, -0.05) is 13.3 Å². The second-order valence-corrected chi connectivity index (χ2v) is 7.71. The Hall–Kier alpha value is -0.100. The van der Waals surface area contributed by atoms with Gasteiger partial charge in [0.05, 0.1) is 10.8 Å². The summed E-state index contributed by atoms with van der Waals surface area (Å²) >= 11 is 7.15.